The first kappa shape index (κ1) is 13.7. The number of nitrogens with zero attached hydrogens (tertiary/aromatic N) is 1. The maximum Gasteiger partial charge on any atom is 0.289 e. The predicted octanol–water partition coefficient (Wildman–Crippen LogP) is 2.84. The molecule has 1 N–H and O–H groups in total. The van der Waals surface area contributed by atoms with E-state index in [-0.39, 0.29) is 12.4 Å². The van der Waals surface area contributed by atoms with E-state index in [1.807, 2.05) is 0 Å². The van der Waals surface area contributed by atoms with Crippen molar-refractivity contribution in [1.29, 1.82) is 0 Å². The maximum atomic E-state index is 13.7. The number of hydrogen-bond acceptors (Lipinski definition) is 2. The molecule has 0 aliphatic heterocycles. The van der Waals surface area contributed by atoms with Crippen LogP contribution in [0.1, 0.15) is 45.1 Å². The number of aromatic hydroxyl groups is 1. The van der Waals surface area contributed by atoms with Gasteiger partial charge in [0.2, 0.25) is 0 Å². The van der Waals surface area contributed by atoms with E-state index in [0.29, 0.717) is 12.0 Å². The van der Waals surface area contributed by atoms with Crippen molar-refractivity contribution in [2.75, 3.05) is 0 Å². The van der Waals surface area contributed by atoms with E-state index in [1.165, 1.54) is 6.07 Å². The number of aryl methyl sites for hydroxylation is 1. The van der Waals surface area contributed by atoms with Crippen molar-refractivity contribution < 1.29 is 9.50 Å². The van der Waals surface area contributed by atoms with Crippen molar-refractivity contribution in [3.63, 3.8) is 0 Å². The van der Waals surface area contributed by atoms with Crippen LogP contribution in [0.3, 0.4) is 0 Å². The Morgan fingerprint density at radius 2 is 2.00 bits per heavy atom. The molecule has 0 unspecified atom stereocenters. The standard InChI is InChI=1S/C13H20FNO2/c1-3-5-6-7-8-10-9-11(16)15(4-2)13(17)12(10)14/h9,16H,3-8H2,1-2H3. The van der Waals surface area contributed by atoms with Gasteiger partial charge >= 0.3 is 0 Å². The fourth-order valence-electron chi connectivity index (χ4n) is 1.89. The van der Waals surface area contributed by atoms with Crippen LogP contribution in [-0.2, 0) is 13.0 Å². The van der Waals surface area contributed by atoms with Crippen LogP contribution in [-0.4, -0.2) is 9.67 Å². The molecule has 0 saturated heterocycles. The molecule has 96 valence electrons. The SMILES string of the molecule is CCCCCCc1cc(O)n(CC)c(=O)c1F. The zero-order valence-corrected chi connectivity index (χ0v) is 10.5. The highest BCUT2D eigenvalue weighted by molar-refractivity contribution is 5.23. The molecule has 1 rings (SSSR count). The lowest BCUT2D eigenvalue weighted by atomic mass is 10.1. The number of halogens is 1. The van der Waals surface area contributed by atoms with Crippen LogP contribution in [0, 0.1) is 5.82 Å². The van der Waals surface area contributed by atoms with Crippen LogP contribution in [0.5, 0.6) is 5.88 Å². The molecule has 0 aliphatic carbocycles. The lowest BCUT2D eigenvalue weighted by Crippen LogP contribution is -2.23. The molecule has 17 heavy (non-hydrogen) atoms. The maximum absolute atomic E-state index is 13.7. The number of aromatic nitrogens is 1. The lowest BCUT2D eigenvalue weighted by molar-refractivity contribution is 0.400. The first-order valence-corrected chi connectivity index (χ1v) is 6.23. The first-order chi connectivity index (χ1) is 8.11. The first-order valence-electron chi connectivity index (χ1n) is 6.23. The molecular weight excluding hydrogens is 221 g/mol. The summed E-state index contributed by atoms with van der Waals surface area (Å²) in [5.41, 5.74) is -0.397. The summed E-state index contributed by atoms with van der Waals surface area (Å²) < 4.78 is 14.7. The minimum absolute atomic E-state index is 0.149. The predicted molar refractivity (Wildman–Crippen MR) is 65.8 cm³/mol. The molecule has 0 radical (unpaired) electrons. The highest BCUT2D eigenvalue weighted by Gasteiger charge is 2.12. The topological polar surface area (TPSA) is 42.2 Å². The fourth-order valence-corrected chi connectivity index (χ4v) is 1.89. The summed E-state index contributed by atoms with van der Waals surface area (Å²) in [5.74, 6) is -0.870. The minimum Gasteiger partial charge on any atom is -0.494 e. The number of rotatable bonds is 6. The smallest absolute Gasteiger partial charge is 0.289 e. The average molecular weight is 241 g/mol. The molecule has 0 aliphatic rings. The van der Waals surface area contributed by atoms with E-state index in [9.17, 15) is 14.3 Å². The van der Waals surface area contributed by atoms with Gasteiger partial charge in [0.05, 0.1) is 0 Å². The van der Waals surface area contributed by atoms with Gasteiger partial charge in [-0.1, -0.05) is 26.2 Å². The van der Waals surface area contributed by atoms with Crippen molar-refractivity contribution >= 4 is 0 Å². The molecule has 1 aromatic rings. The Morgan fingerprint density at radius 1 is 1.29 bits per heavy atom. The molecule has 0 spiro atoms. The second kappa shape index (κ2) is 6.42. The molecule has 0 saturated carbocycles. The molecule has 0 amide bonds. The average Bonchev–Trinajstić information content (AvgIpc) is 2.31. The second-order valence-corrected chi connectivity index (χ2v) is 4.20. The minimum atomic E-state index is -0.724. The fraction of sp³-hybridized carbons (Fsp3) is 0.615. The zero-order chi connectivity index (χ0) is 12.8. The van der Waals surface area contributed by atoms with Gasteiger partial charge in [0.1, 0.15) is 0 Å². The second-order valence-electron chi connectivity index (χ2n) is 4.20. The lowest BCUT2D eigenvalue weighted by Gasteiger charge is -2.09. The third kappa shape index (κ3) is 3.32. The summed E-state index contributed by atoms with van der Waals surface area (Å²) in [6, 6.07) is 1.37. The van der Waals surface area contributed by atoms with Crippen molar-refractivity contribution in [1.82, 2.24) is 4.57 Å². The summed E-state index contributed by atoms with van der Waals surface area (Å²) in [7, 11) is 0. The third-order valence-electron chi connectivity index (χ3n) is 2.91. The summed E-state index contributed by atoms with van der Waals surface area (Å²) >= 11 is 0. The molecule has 0 aromatic carbocycles. The number of hydrogen-bond donors (Lipinski definition) is 1. The van der Waals surface area contributed by atoms with E-state index >= 15 is 0 Å². The van der Waals surface area contributed by atoms with Crippen LogP contribution in [0.15, 0.2) is 10.9 Å². The van der Waals surface area contributed by atoms with Crippen molar-refractivity contribution in [2.45, 2.75) is 52.5 Å². The van der Waals surface area contributed by atoms with Gasteiger partial charge in [0.25, 0.3) is 5.56 Å². The van der Waals surface area contributed by atoms with Gasteiger partial charge in [-0.15, -0.1) is 0 Å². The molecule has 1 aromatic heterocycles. The van der Waals surface area contributed by atoms with Gasteiger partial charge in [-0.2, -0.15) is 0 Å². The summed E-state index contributed by atoms with van der Waals surface area (Å²) in [6.07, 6.45) is 4.61. The Morgan fingerprint density at radius 3 is 2.59 bits per heavy atom. The van der Waals surface area contributed by atoms with Gasteiger partial charge in [0.15, 0.2) is 11.7 Å². The van der Waals surface area contributed by atoms with E-state index in [4.69, 9.17) is 0 Å². The zero-order valence-electron chi connectivity index (χ0n) is 10.5. The molecule has 1 heterocycles. The largest absolute Gasteiger partial charge is 0.494 e. The van der Waals surface area contributed by atoms with E-state index in [0.717, 1.165) is 30.3 Å². The van der Waals surface area contributed by atoms with E-state index in [2.05, 4.69) is 6.92 Å². The molecule has 0 atom stereocenters. The Hall–Kier alpha value is -1.32. The molecule has 3 nitrogen and oxygen atoms in total. The Bertz CT molecular complexity index is 426. The van der Waals surface area contributed by atoms with Gasteiger partial charge < -0.3 is 5.11 Å². The van der Waals surface area contributed by atoms with Crippen LogP contribution in [0.4, 0.5) is 4.39 Å². The molecular formula is C13H20FNO2. The Kier molecular flexibility index (Phi) is 5.19. The van der Waals surface area contributed by atoms with Crippen LogP contribution >= 0.6 is 0 Å². The summed E-state index contributed by atoms with van der Waals surface area (Å²) in [5, 5.41) is 9.60. The van der Waals surface area contributed by atoms with Crippen molar-refractivity contribution in [3.05, 3.63) is 27.8 Å². The molecule has 0 bridgehead atoms. The summed E-state index contributed by atoms with van der Waals surface area (Å²) in [6.45, 7) is 4.08. The van der Waals surface area contributed by atoms with E-state index in [1.54, 1.807) is 6.92 Å². The number of pyridine rings is 1. The highest BCUT2D eigenvalue weighted by atomic mass is 19.1. The van der Waals surface area contributed by atoms with Crippen LogP contribution in [0.2, 0.25) is 0 Å². The molecule has 4 heteroatoms. The van der Waals surface area contributed by atoms with Gasteiger partial charge in [-0.05, 0) is 25.3 Å². The highest BCUT2D eigenvalue weighted by Crippen LogP contribution is 2.15. The third-order valence-corrected chi connectivity index (χ3v) is 2.91. The number of unbranched alkanes of at least 4 members (excludes halogenated alkanes) is 3. The quantitative estimate of drug-likeness (QED) is 0.778. The van der Waals surface area contributed by atoms with Gasteiger partial charge in [-0.25, -0.2) is 4.39 Å². The van der Waals surface area contributed by atoms with Gasteiger partial charge in [-0.3, -0.25) is 9.36 Å². The molecule has 0 fully saturated rings. The van der Waals surface area contributed by atoms with Crippen molar-refractivity contribution in [3.8, 4) is 5.88 Å². The monoisotopic (exact) mass is 241 g/mol. The van der Waals surface area contributed by atoms with Gasteiger partial charge in [0, 0.05) is 12.6 Å². The van der Waals surface area contributed by atoms with Crippen LogP contribution in [0.25, 0.3) is 0 Å². The van der Waals surface area contributed by atoms with Crippen LogP contribution < -0.4 is 5.56 Å². The van der Waals surface area contributed by atoms with Crippen molar-refractivity contribution in [2.24, 2.45) is 0 Å². The summed E-state index contributed by atoms with van der Waals surface area (Å²) in [4.78, 5) is 11.6. The Balaban J connectivity index is 2.84. The Labute approximate surface area is 101 Å². The van der Waals surface area contributed by atoms with E-state index < -0.39 is 11.4 Å². The normalized spacial score (nSPS) is 10.8.